The zero-order chi connectivity index (χ0) is 29.3. The Labute approximate surface area is 235 Å². The van der Waals surface area contributed by atoms with Gasteiger partial charge in [0.1, 0.15) is 30.2 Å². The first-order valence-electron chi connectivity index (χ1n) is 13.2. The van der Waals surface area contributed by atoms with E-state index >= 15 is 0 Å². The van der Waals surface area contributed by atoms with E-state index in [2.05, 4.69) is 10.1 Å². The number of benzene rings is 2. The second-order valence-corrected chi connectivity index (χ2v) is 12.4. The van der Waals surface area contributed by atoms with Crippen LogP contribution >= 0.6 is 7.75 Å². The van der Waals surface area contributed by atoms with Crippen LogP contribution in [0.4, 0.5) is 0 Å². The van der Waals surface area contributed by atoms with Crippen molar-refractivity contribution in [1.82, 2.24) is 14.6 Å². The van der Waals surface area contributed by atoms with E-state index in [0.717, 1.165) is 5.56 Å². The molecule has 41 heavy (non-hydrogen) atoms. The normalized spacial score (nSPS) is 22.7. The van der Waals surface area contributed by atoms with E-state index in [1.807, 2.05) is 30.3 Å². The molecule has 218 valence electrons. The largest absolute Gasteiger partial charge is 0.459 e. The molecule has 1 aliphatic heterocycles. The van der Waals surface area contributed by atoms with Gasteiger partial charge in [0.05, 0.1) is 12.7 Å². The number of aromatic amines is 1. The van der Waals surface area contributed by atoms with Crippen LogP contribution in [0.3, 0.4) is 0 Å². The lowest BCUT2D eigenvalue weighted by atomic mass is 9.96. The molecule has 13 heteroatoms. The summed E-state index contributed by atoms with van der Waals surface area (Å²) in [6.07, 6.45) is -0.419. The van der Waals surface area contributed by atoms with Gasteiger partial charge in [0.2, 0.25) is 0 Å². The second-order valence-electron chi connectivity index (χ2n) is 10.7. The minimum Gasteiger partial charge on any atom is -0.459 e. The fraction of sp³-hybridized carbons (Fsp3) is 0.393. The van der Waals surface area contributed by atoms with Gasteiger partial charge >= 0.3 is 19.4 Å². The third-order valence-corrected chi connectivity index (χ3v) is 8.96. The zero-order valence-electron chi connectivity index (χ0n) is 22.6. The van der Waals surface area contributed by atoms with Crippen LogP contribution in [-0.2, 0) is 30.0 Å². The molecule has 2 heterocycles. The van der Waals surface area contributed by atoms with Gasteiger partial charge in [-0.25, -0.2) is 9.36 Å². The molecule has 1 spiro atoms. The first-order valence-corrected chi connectivity index (χ1v) is 14.7. The number of nitrogens with zero attached hydrogens (tertiary/aromatic N) is 1. The maximum atomic E-state index is 14.1. The molecule has 4 atom stereocenters. The highest BCUT2D eigenvalue weighted by Gasteiger charge is 2.64. The van der Waals surface area contributed by atoms with Gasteiger partial charge < -0.3 is 19.1 Å². The number of para-hydroxylation sites is 1. The molecule has 3 aromatic rings. The molecular weight excluding hydrogens is 553 g/mol. The number of aliphatic hydroxyl groups excluding tert-OH is 1. The summed E-state index contributed by atoms with van der Waals surface area (Å²) in [5.74, 6) is -0.463. The van der Waals surface area contributed by atoms with Crippen molar-refractivity contribution >= 4 is 13.7 Å². The molecule has 12 nitrogen and oxygen atoms in total. The minimum absolute atomic E-state index is 0.0190. The van der Waals surface area contributed by atoms with Crippen molar-refractivity contribution < 1.29 is 33.0 Å². The Hall–Kier alpha value is -3.54. The van der Waals surface area contributed by atoms with E-state index < -0.39 is 54.4 Å². The summed E-state index contributed by atoms with van der Waals surface area (Å²) in [6, 6.07) is 18.6. The van der Waals surface area contributed by atoms with Crippen molar-refractivity contribution in [1.29, 1.82) is 0 Å². The number of carbonyl (C=O) groups excluding carboxylic acids is 1. The second kappa shape index (κ2) is 11.4. The molecule has 4 unspecified atom stereocenters. The number of nitrogens with one attached hydrogen (secondary N) is 2. The predicted octanol–water partition coefficient (Wildman–Crippen LogP) is 2.89. The van der Waals surface area contributed by atoms with Crippen LogP contribution in [0.25, 0.3) is 0 Å². The molecule has 0 radical (unpaired) electrons. The lowest BCUT2D eigenvalue weighted by Gasteiger charge is -2.30. The fourth-order valence-electron chi connectivity index (χ4n) is 4.83. The average Bonchev–Trinajstić information content (AvgIpc) is 3.70. The summed E-state index contributed by atoms with van der Waals surface area (Å²) >= 11 is 0. The van der Waals surface area contributed by atoms with Crippen molar-refractivity contribution in [3.05, 3.63) is 99.3 Å². The van der Waals surface area contributed by atoms with Crippen molar-refractivity contribution in [2.45, 2.75) is 57.3 Å². The summed E-state index contributed by atoms with van der Waals surface area (Å²) < 4.78 is 38.3. The SMILES string of the molecule is CC(C)(NP(=O)(OCC1OC(n2ccc(=O)[nH]c2=O)C2(CC2)C1O)Oc1ccccc1)C(=O)OCc1ccccc1. The highest BCUT2D eigenvalue weighted by Crippen LogP contribution is 2.62. The lowest BCUT2D eigenvalue weighted by Crippen LogP contribution is -2.47. The number of H-pyrrole nitrogens is 1. The van der Waals surface area contributed by atoms with E-state index in [-0.39, 0.29) is 19.0 Å². The smallest absolute Gasteiger partial charge is 0.459 e. The average molecular weight is 586 g/mol. The molecule has 5 rings (SSSR count). The maximum Gasteiger partial charge on any atom is 0.459 e. The van der Waals surface area contributed by atoms with Gasteiger partial charge in [0, 0.05) is 17.7 Å². The van der Waals surface area contributed by atoms with E-state index in [0.29, 0.717) is 12.8 Å². The van der Waals surface area contributed by atoms with Crippen LogP contribution in [0.5, 0.6) is 5.75 Å². The topological polar surface area (TPSA) is 158 Å². The van der Waals surface area contributed by atoms with Crippen LogP contribution < -0.4 is 20.9 Å². The Kier molecular flexibility index (Phi) is 8.04. The Morgan fingerprint density at radius 3 is 2.41 bits per heavy atom. The fourth-order valence-corrected chi connectivity index (χ4v) is 6.51. The van der Waals surface area contributed by atoms with Crippen LogP contribution in [0, 0.1) is 5.41 Å². The van der Waals surface area contributed by atoms with E-state index in [1.54, 1.807) is 30.3 Å². The Bertz CT molecular complexity index is 1540. The van der Waals surface area contributed by atoms with Crippen LogP contribution in [0.1, 0.15) is 38.5 Å². The molecule has 2 aliphatic rings. The highest BCUT2D eigenvalue weighted by molar-refractivity contribution is 7.52. The molecular formula is C28H32N3O9P. The Morgan fingerprint density at radius 2 is 1.78 bits per heavy atom. The molecule has 1 saturated heterocycles. The molecule has 3 N–H and O–H groups in total. The first-order chi connectivity index (χ1) is 19.5. The van der Waals surface area contributed by atoms with Gasteiger partial charge in [-0.15, -0.1) is 0 Å². The van der Waals surface area contributed by atoms with Crippen LogP contribution in [0.2, 0.25) is 0 Å². The number of hydrogen-bond acceptors (Lipinski definition) is 9. The lowest BCUT2D eigenvalue weighted by molar-refractivity contribution is -0.151. The number of rotatable bonds is 11. The Balaban J connectivity index is 1.32. The monoisotopic (exact) mass is 585 g/mol. The van der Waals surface area contributed by atoms with Gasteiger partial charge in [0.25, 0.3) is 5.56 Å². The summed E-state index contributed by atoms with van der Waals surface area (Å²) in [7, 11) is -4.28. The summed E-state index contributed by atoms with van der Waals surface area (Å²) in [5, 5.41) is 13.8. The molecule has 0 bridgehead atoms. The number of carbonyl (C=O) groups is 1. The number of esters is 1. The number of aromatic nitrogens is 2. The molecule has 1 aliphatic carbocycles. The van der Waals surface area contributed by atoms with Gasteiger partial charge in [-0.1, -0.05) is 48.5 Å². The first kappa shape index (κ1) is 29.0. The van der Waals surface area contributed by atoms with Crippen molar-refractivity contribution in [2.24, 2.45) is 5.41 Å². The highest BCUT2D eigenvalue weighted by atomic mass is 31.2. The van der Waals surface area contributed by atoms with Crippen molar-refractivity contribution in [2.75, 3.05) is 6.61 Å². The number of aliphatic hydroxyl groups is 1. The van der Waals surface area contributed by atoms with Crippen molar-refractivity contribution in [3.8, 4) is 5.75 Å². The Morgan fingerprint density at radius 1 is 1.12 bits per heavy atom. The van der Waals surface area contributed by atoms with Crippen LogP contribution in [0.15, 0.2) is 82.5 Å². The third-order valence-electron chi connectivity index (χ3n) is 7.18. The molecule has 1 saturated carbocycles. The summed E-state index contributed by atoms with van der Waals surface area (Å²) in [5.41, 5.74) is -2.69. The molecule has 1 aromatic heterocycles. The van der Waals surface area contributed by atoms with Gasteiger partial charge in [-0.2, -0.15) is 5.09 Å². The summed E-state index contributed by atoms with van der Waals surface area (Å²) in [4.78, 5) is 39.2. The quantitative estimate of drug-likeness (QED) is 0.226. The van der Waals surface area contributed by atoms with E-state index in [9.17, 15) is 24.1 Å². The van der Waals surface area contributed by atoms with Gasteiger partial charge in [-0.05, 0) is 44.4 Å². The van der Waals surface area contributed by atoms with Gasteiger partial charge in [0.15, 0.2) is 0 Å². The standard InChI is InChI=1S/C28H32N3O9P/c1-27(2,25(34)37-17-19-9-5-3-6-10-19)30-41(36,40-20-11-7-4-8-12-20)38-18-21-23(33)28(14-15-28)24(39-21)31-16-13-22(32)29-26(31)35/h3-13,16,21,23-24,33H,14-15,17-18H2,1-2H3,(H,30,36)(H,29,32,35). The number of hydrogen-bond donors (Lipinski definition) is 3. The molecule has 2 fully saturated rings. The van der Waals surface area contributed by atoms with Gasteiger partial charge in [-0.3, -0.25) is 23.7 Å². The minimum atomic E-state index is -4.28. The van der Waals surface area contributed by atoms with Crippen LogP contribution in [-0.4, -0.2) is 45.0 Å². The van der Waals surface area contributed by atoms with Crippen molar-refractivity contribution in [3.63, 3.8) is 0 Å². The van der Waals surface area contributed by atoms with E-state index in [4.69, 9.17) is 18.5 Å². The van der Waals surface area contributed by atoms with E-state index in [1.165, 1.54) is 30.7 Å². The third kappa shape index (κ3) is 6.37. The summed E-state index contributed by atoms with van der Waals surface area (Å²) in [6.45, 7) is 2.61. The zero-order valence-corrected chi connectivity index (χ0v) is 23.5. The maximum absolute atomic E-state index is 14.1. The predicted molar refractivity (Wildman–Crippen MR) is 147 cm³/mol. The number of ether oxygens (including phenoxy) is 2. The molecule has 0 amide bonds. The molecule has 2 aromatic carbocycles.